The number of nitrogens with one attached hydrogen (secondary N) is 1. The third-order valence-electron chi connectivity index (χ3n) is 4.25. The molecule has 0 aliphatic rings. The van der Waals surface area contributed by atoms with Crippen molar-refractivity contribution in [3.8, 4) is 0 Å². The minimum Gasteiger partial charge on any atom is -0.315 e. The van der Waals surface area contributed by atoms with Gasteiger partial charge in [-0.25, -0.2) is 0 Å². The summed E-state index contributed by atoms with van der Waals surface area (Å²) in [6.45, 7) is 1.49. The van der Waals surface area contributed by atoms with Gasteiger partial charge in [-0.05, 0) is 29.9 Å². The van der Waals surface area contributed by atoms with Crippen molar-refractivity contribution in [2.24, 2.45) is 7.05 Å². The minimum atomic E-state index is 0.575. The van der Waals surface area contributed by atoms with Gasteiger partial charge in [0.15, 0.2) is 6.67 Å². The summed E-state index contributed by atoms with van der Waals surface area (Å²) in [5, 5.41) is 5.88. The molecular formula is C19H21Cl2N4S+. The highest BCUT2D eigenvalue weighted by molar-refractivity contribution is 7.71. The van der Waals surface area contributed by atoms with E-state index in [9.17, 15) is 0 Å². The third kappa shape index (κ3) is 4.54. The van der Waals surface area contributed by atoms with Gasteiger partial charge in [-0.3, -0.25) is 0 Å². The Morgan fingerprint density at radius 2 is 1.77 bits per heavy atom. The largest absolute Gasteiger partial charge is 0.315 e. The van der Waals surface area contributed by atoms with Gasteiger partial charge < -0.3 is 9.47 Å². The fraction of sp³-hybridized carbons (Fsp3) is 0.263. The molecule has 0 aliphatic heterocycles. The summed E-state index contributed by atoms with van der Waals surface area (Å²) in [7, 11) is 4.08. The van der Waals surface area contributed by atoms with Crippen LogP contribution in [-0.2, 0) is 26.7 Å². The molecule has 0 fully saturated rings. The molecule has 7 heteroatoms. The van der Waals surface area contributed by atoms with Gasteiger partial charge in [0, 0.05) is 19.0 Å². The lowest BCUT2D eigenvalue weighted by atomic mass is 10.1. The second kappa shape index (κ2) is 8.35. The van der Waals surface area contributed by atoms with E-state index in [2.05, 4.69) is 19.2 Å². The Bertz CT molecular complexity index is 950. The van der Waals surface area contributed by atoms with Crippen LogP contribution in [0.4, 0.5) is 0 Å². The Labute approximate surface area is 168 Å². The summed E-state index contributed by atoms with van der Waals surface area (Å²) in [6.07, 6.45) is 0.764. The highest BCUT2D eigenvalue weighted by atomic mass is 35.5. The average molecular weight is 408 g/mol. The van der Waals surface area contributed by atoms with Gasteiger partial charge in [-0.1, -0.05) is 59.6 Å². The van der Waals surface area contributed by atoms with E-state index < -0.39 is 0 Å². The molecule has 0 amide bonds. The van der Waals surface area contributed by atoms with E-state index in [0.29, 0.717) is 16.7 Å². The van der Waals surface area contributed by atoms with Crippen molar-refractivity contribution < 1.29 is 4.90 Å². The van der Waals surface area contributed by atoms with E-state index in [1.807, 2.05) is 52.7 Å². The molecule has 1 unspecified atom stereocenters. The average Bonchev–Trinajstić information content (AvgIpc) is 2.87. The molecule has 1 atom stereocenters. The second-order valence-corrected chi connectivity index (χ2v) is 7.64. The molecule has 2 aromatic carbocycles. The molecule has 0 radical (unpaired) electrons. The van der Waals surface area contributed by atoms with Crippen LogP contribution < -0.4 is 4.90 Å². The second-order valence-electron chi connectivity index (χ2n) is 6.46. The number of hydrogen-bond donors (Lipinski definition) is 1. The number of hydrogen-bond acceptors (Lipinski definition) is 2. The van der Waals surface area contributed by atoms with Crippen LogP contribution >= 0.6 is 35.4 Å². The maximum atomic E-state index is 6.11. The highest BCUT2D eigenvalue weighted by Gasteiger charge is 2.12. The van der Waals surface area contributed by atoms with Crippen LogP contribution in [0.1, 0.15) is 17.0 Å². The first-order valence-corrected chi connectivity index (χ1v) is 9.52. The van der Waals surface area contributed by atoms with Gasteiger partial charge >= 0.3 is 0 Å². The highest BCUT2D eigenvalue weighted by Crippen LogP contribution is 2.22. The molecule has 3 rings (SSSR count). The molecule has 0 aliphatic carbocycles. The van der Waals surface area contributed by atoms with Gasteiger partial charge in [0.1, 0.15) is 12.4 Å². The van der Waals surface area contributed by atoms with Crippen molar-refractivity contribution in [2.45, 2.75) is 19.6 Å². The standard InChI is InChI=1S/C19H20Cl2N4S/c1-23(12-15-8-9-16(20)17(21)10-15)13-25-19(26)24(2)18(22-25)11-14-6-4-3-5-7-14/h3-10H,11-13H2,1-2H3/p+1. The first-order valence-electron chi connectivity index (χ1n) is 8.36. The minimum absolute atomic E-state index is 0.575. The Hall–Kier alpha value is -1.66. The molecule has 4 nitrogen and oxygen atoms in total. The number of rotatable bonds is 6. The van der Waals surface area contributed by atoms with Crippen LogP contribution in [0.15, 0.2) is 48.5 Å². The molecule has 0 spiro atoms. The lowest BCUT2D eigenvalue weighted by Gasteiger charge is -2.14. The van der Waals surface area contributed by atoms with E-state index in [-0.39, 0.29) is 0 Å². The molecule has 0 saturated carbocycles. The van der Waals surface area contributed by atoms with E-state index in [1.165, 1.54) is 10.5 Å². The first kappa shape index (κ1) is 19.1. The van der Waals surface area contributed by atoms with Gasteiger partial charge in [-0.2, -0.15) is 9.78 Å². The SMILES string of the molecule is Cn1c(Cc2ccccc2)nn(C[NH+](C)Cc2ccc(Cl)c(Cl)c2)c1=S. The van der Waals surface area contributed by atoms with Crippen molar-refractivity contribution >= 4 is 35.4 Å². The van der Waals surface area contributed by atoms with Crippen molar-refractivity contribution in [3.63, 3.8) is 0 Å². The Balaban J connectivity index is 1.72. The lowest BCUT2D eigenvalue weighted by Crippen LogP contribution is -3.07. The van der Waals surface area contributed by atoms with Gasteiger partial charge in [-0.15, -0.1) is 0 Å². The molecule has 1 heterocycles. The summed E-state index contributed by atoms with van der Waals surface area (Å²) >= 11 is 17.7. The van der Waals surface area contributed by atoms with E-state index >= 15 is 0 Å². The van der Waals surface area contributed by atoms with Crippen molar-refractivity contribution in [1.29, 1.82) is 0 Å². The van der Waals surface area contributed by atoms with E-state index in [1.54, 1.807) is 0 Å². The molecule has 3 aromatic rings. The van der Waals surface area contributed by atoms with Crippen molar-refractivity contribution in [2.75, 3.05) is 7.05 Å². The zero-order valence-corrected chi connectivity index (χ0v) is 17.1. The zero-order chi connectivity index (χ0) is 18.7. The molecule has 0 bridgehead atoms. The summed E-state index contributed by atoms with van der Waals surface area (Å²) in [6, 6.07) is 16.0. The number of quaternary nitrogens is 1. The fourth-order valence-corrected chi connectivity index (χ4v) is 3.41. The van der Waals surface area contributed by atoms with Crippen molar-refractivity contribution in [1.82, 2.24) is 14.3 Å². The summed E-state index contributed by atoms with van der Waals surface area (Å²) < 4.78 is 4.60. The van der Waals surface area contributed by atoms with E-state index in [4.69, 9.17) is 40.5 Å². The molecule has 1 N–H and O–H groups in total. The first-order chi connectivity index (χ1) is 12.4. The monoisotopic (exact) mass is 407 g/mol. The van der Waals surface area contributed by atoms with Crippen LogP contribution in [-0.4, -0.2) is 21.4 Å². The van der Waals surface area contributed by atoms with Gasteiger partial charge in [0.25, 0.3) is 0 Å². The predicted molar refractivity (Wildman–Crippen MR) is 108 cm³/mol. The van der Waals surface area contributed by atoms with Gasteiger partial charge in [0.05, 0.1) is 17.1 Å². The fourth-order valence-electron chi connectivity index (χ4n) is 2.88. The lowest BCUT2D eigenvalue weighted by molar-refractivity contribution is -0.917. The summed E-state index contributed by atoms with van der Waals surface area (Å²) in [5.74, 6) is 0.962. The predicted octanol–water partition coefficient (Wildman–Crippen LogP) is 3.52. The maximum absolute atomic E-state index is 6.11. The molecule has 136 valence electrons. The van der Waals surface area contributed by atoms with Crippen LogP contribution in [0.2, 0.25) is 10.0 Å². The van der Waals surface area contributed by atoms with Gasteiger partial charge in [0.2, 0.25) is 4.77 Å². The number of benzene rings is 2. The van der Waals surface area contributed by atoms with Crippen LogP contribution in [0.5, 0.6) is 0 Å². The summed E-state index contributed by atoms with van der Waals surface area (Å²) in [4.78, 5) is 1.25. The van der Waals surface area contributed by atoms with Crippen LogP contribution in [0.25, 0.3) is 0 Å². The van der Waals surface area contributed by atoms with Crippen molar-refractivity contribution in [3.05, 3.63) is 80.3 Å². The van der Waals surface area contributed by atoms with Crippen LogP contribution in [0, 0.1) is 4.77 Å². The number of aromatic nitrogens is 3. The Morgan fingerprint density at radius 3 is 2.46 bits per heavy atom. The quantitative estimate of drug-likeness (QED) is 0.632. The molecule has 1 aromatic heterocycles. The number of halogens is 2. The Kier molecular flexibility index (Phi) is 6.14. The molecule has 0 saturated heterocycles. The Morgan fingerprint density at radius 1 is 1.04 bits per heavy atom. The zero-order valence-electron chi connectivity index (χ0n) is 14.7. The molecular weight excluding hydrogens is 387 g/mol. The smallest absolute Gasteiger partial charge is 0.202 e. The third-order valence-corrected chi connectivity index (χ3v) is 5.47. The number of nitrogens with zero attached hydrogens (tertiary/aromatic N) is 3. The topological polar surface area (TPSA) is 27.2 Å². The normalized spacial score (nSPS) is 12.3. The maximum Gasteiger partial charge on any atom is 0.202 e. The summed E-state index contributed by atoms with van der Waals surface area (Å²) in [5.41, 5.74) is 2.35. The van der Waals surface area contributed by atoms with E-state index in [0.717, 1.165) is 29.1 Å². The van der Waals surface area contributed by atoms with Crippen LogP contribution in [0.3, 0.4) is 0 Å². The molecule has 26 heavy (non-hydrogen) atoms.